The van der Waals surface area contributed by atoms with Crippen LogP contribution in [0.1, 0.15) is 12.8 Å². The molecule has 104 valence electrons. The first-order valence-corrected chi connectivity index (χ1v) is 6.50. The zero-order valence-corrected chi connectivity index (χ0v) is 11.2. The van der Waals surface area contributed by atoms with Gasteiger partial charge in [-0.1, -0.05) is 0 Å². The predicted octanol–water partition coefficient (Wildman–Crippen LogP) is 0.165. The molecule has 0 aromatic carbocycles. The Labute approximate surface area is 119 Å². The van der Waals surface area contributed by atoms with E-state index in [-0.39, 0.29) is 11.2 Å². The van der Waals surface area contributed by atoms with E-state index in [1.807, 2.05) is 0 Å². The molecule has 2 aromatic rings. The first-order valence-electron chi connectivity index (χ1n) is 6.13. The minimum Gasteiger partial charge on any atom is -0.368 e. The van der Waals surface area contributed by atoms with Gasteiger partial charge >= 0.3 is 0 Å². The van der Waals surface area contributed by atoms with E-state index in [1.165, 1.54) is 4.68 Å². The topological polar surface area (TPSA) is 103 Å². The molecule has 9 heteroatoms. The molecular weight excluding hydrogens is 282 g/mol. The summed E-state index contributed by atoms with van der Waals surface area (Å²) in [5.74, 6) is 0.261. The van der Waals surface area contributed by atoms with Gasteiger partial charge in [0.15, 0.2) is 0 Å². The summed E-state index contributed by atoms with van der Waals surface area (Å²) in [4.78, 5) is 25.6. The number of anilines is 1. The Bertz CT molecular complexity index is 630. The van der Waals surface area contributed by atoms with Gasteiger partial charge in [0.1, 0.15) is 6.04 Å². The Morgan fingerprint density at radius 1 is 1.35 bits per heavy atom. The number of amides is 1. The Morgan fingerprint density at radius 2 is 2.15 bits per heavy atom. The van der Waals surface area contributed by atoms with Crippen LogP contribution in [0.15, 0.2) is 18.5 Å². The quantitative estimate of drug-likeness (QED) is 0.865. The maximum absolute atomic E-state index is 11.4. The van der Waals surface area contributed by atoms with E-state index in [0.717, 1.165) is 6.42 Å². The molecule has 1 unspecified atom stereocenters. The van der Waals surface area contributed by atoms with Gasteiger partial charge in [0, 0.05) is 18.9 Å². The Hall–Kier alpha value is -2.22. The molecule has 20 heavy (non-hydrogen) atoms. The minimum atomic E-state index is -0.404. The number of aromatic nitrogens is 5. The van der Waals surface area contributed by atoms with Crippen molar-refractivity contribution in [2.24, 2.45) is 5.73 Å². The lowest BCUT2D eigenvalue weighted by Gasteiger charge is -2.22. The Morgan fingerprint density at radius 3 is 2.85 bits per heavy atom. The van der Waals surface area contributed by atoms with Crippen molar-refractivity contribution in [3.63, 3.8) is 0 Å². The van der Waals surface area contributed by atoms with E-state index in [4.69, 9.17) is 17.3 Å². The first-order chi connectivity index (χ1) is 9.65. The van der Waals surface area contributed by atoms with Gasteiger partial charge in [-0.2, -0.15) is 20.1 Å². The lowest BCUT2D eigenvalue weighted by atomic mass is 10.2. The van der Waals surface area contributed by atoms with Crippen molar-refractivity contribution < 1.29 is 4.79 Å². The molecule has 0 spiro atoms. The van der Waals surface area contributed by atoms with E-state index in [1.54, 1.807) is 23.4 Å². The standard InChI is InChI=1S/C11H12ClN7O/c12-9-15-10(18-5-1-3-7(18)8(13)20)17-11(16-9)19-6-2-4-14-19/h2,4,6-7H,1,3,5H2,(H2,13,20). The molecule has 1 fully saturated rings. The number of rotatable bonds is 3. The second-order valence-corrected chi connectivity index (χ2v) is 4.75. The Balaban J connectivity index is 2.00. The normalized spacial score (nSPS) is 18.4. The van der Waals surface area contributed by atoms with Crippen LogP contribution in [0.4, 0.5) is 5.95 Å². The Kier molecular flexibility index (Phi) is 3.23. The SMILES string of the molecule is NC(=O)C1CCCN1c1nc(Cl)nc(-n2cccn2)n1. The number of hydrogen-bond donors (Lipinski definition) is 1. The lowest BCUT2D eigenvalue weighted by Crippen LogP contribution is -2.41. The third kappa shape index (κ3) is 2.29. The maximum Gasteiger partial charge on any atom is 0.256 e. The summed E-state index contributed by atoms with van der Waals surface area (Å²) in [6.45, 7) is 0.659. The van der Waals surface area contributed by atoms with Gasteiger partial charge in [-0.3, -0.25) is 4.79 Å². The van der Waals surface area contributed by atoms with Crippen LogP contribution < -0.4 is 10.6 Å². The average molecular weight is 294 g/mol. The molecule has 0 bridgehead atoms. The van der Waals surface area contributed by atoms with Gasteiger partial charge in [-0.25, -0.2) is 4.68 Å². The minimum absolute atomic E-state index is 0.0515. The highest BCUT2D eigenvalue weighted by molar-refractivity contribution is 6.28. The van der Waals surface area contributed by atoms with E-state index in [2.05, 4.69) is 20.1 Å². The van der Waals surface area contributed by atoms with Gasteiger partial charge in [0.25, 0.3) is 5.95 Å². The van der Waals surface area contributed by atoms with Gasteiger partial charge in [-0.05, 0) is 30.5 Å². The monoisotopic (exact) mass is 293 g/mol. The number of primary amides is 1. The molecule has 0 saturated carbocycles. The molecule has 2 N–H and O–H groups in total. The number of nitrogens with zero attached hydrogens (tertiary/aromatic N) is 6. The fourth-order valence-corrected chi connectivity index (χ4v) is 2.40. The summed E-state index contributed by atoms with van der Waals surface area (Å²) in [7, 11) is 0. The van der Waals surface area contributed by atoms with Crippen LogP contribution in [0.2, 0.25) is 5.28 Å². The van der Waals surface area contributed by atoms with Crippen molar-refractivity contribution in [3.05, 3.63) is 23.7 Å². The van der Waals surface area contributed by atoms with E-state index in [0.29, 0.717) is 24.9 Å². The second-order valence-electron chi connectivity index (χ2n) is 4.41. The second kappa shape index (κ2) is 5.04. The molecular formula is C11H12ClN7O. The van der Waals surface area contributed by atoms with Crippen molar-refractivity contribution in [3.8, 4) is 5.95 Å². The van der Waals surface area contributed by atoms with Crippen LogP contribution in [-0.4, -0.2) is 43.2 Å². The molecule has 1 aliphatic rings. The van der Waals surface area contributed by atoms with Gasteiger partial charge < -0.3 is 10.6 Å². The molecule has 3 rings (SSSR count). The molecule has 1 saturated heterocycles. The summed E-state index contributed by atoms with van der Waals surface area (Å²) in [5, 5.41) is 4.10. The molecule has 0 aliphatic carbocycles. The number of nitrogens with two attached hydrogens (primary N) is 1. The number of hydrogen-bond acceptors (Lipinski definition) is 6. The number of carbonyl (C=O) groups is 1. The first kappa shape index (κ1) is 12.8. The van der Waals surface area contributed by atoms with Crippen molar-refractivity contribution in [2.45, 2.75) is 18.9 Å². The van der Waals surface area contributed by atoms with E-state index in [9.17, 15) is 4.79 Å². The van der Waals surface area contributed by atoms with Crippen LogP contribution in [0.3, 0.4) is 0 Å². The zero-order chi connectivity index (χ0) is 14.1. The van der Waals surface area contributed by atoms with Crippen molar-refractivity contribution in [1.82, 2.24) is 24.7 Å². The van der Waals surface area contributed by atoms with Crippen LogP contribution in [0.5, 0.6) is 0 Å². The van der Waals surface area contributed by atoms with Crippen molar-refractivity contribution in [2.75, 3.05) is 11.4 Å². The molecule has 2 aromatic heterocycles. The summed E-state index contributed by atoms with van der Waals surface area (Å²) < 4.78 is 1.48. The number of carbonyl (C=O) groups excluding carboxylic acids is 1. The van der Waals surface area contributed by atoms with E-state index >= 15 is 0 Å². The largest absolute Gasteiger partial charge is 0.368 e. The molecule has 1 amide bonds. The van der Waals surface area contributed by atoms with Crippen molar-refractivity contribution >= 4 is 23.5 Å². The van der Waals surface area contributed by atoms with E-state index < -0.39 is 6.04 Å². The predicted molar refractivity (Wildman–Crippen MR) is 71.5 cm³/mol. The molecule has 3 heterocycles. The fourth-order valence-electron chi connectivity index (χ4n) is 2.25. The highest BCUT2D eigenvalue weighted by Crippen LogP contribution is 2.23. The maximum atomic E-state index is 11.4. The highest BCUT2D eigenvalue weighted by atomic mass is 35.5. The summed E-state index contributed by atoms with van der Waals surface area (Å²) in [6, 6.07) is 1.35. The molecule has 8 nitrogen and oxygen atoms in total. The van der Waals surface area contributed by atoms with Crippen LogP contribution >= 0.6 is 11.6 Å². The van der Waals surface area contributed by atoms with Gasteiger partial charge in [0.2, 0.25) is 17.1 Å². The van der Waals surface area contributed by atoms with Crippen molar-refractivity contribution in [1.29, 1.82) is 0 Å². The highest BCUT2D eigenvalue weighted by Gasteiger charge is 2.31. The van der Waals surface area contributed by atoms with Gasteiger partial charge in [-0.15, -0.1) is 0 Å². The molecule has 1 aliphatic heterocycles. The third-order valence-corrected chi connectivity index (χ3v) is 3.30. The zero-order valence-electron chi connectivity index (χ0n) is 10.5. The average Bonchev–Trinajstić information content (AvgIpc) is 3.09. The lowest BCUT2D eigenvalue weighted by molar-refractivity contribution is -0.119. The smallest absolute Gasteiger partial charge is 0.256 e. The number of halogens is 1. The summed E-state index contributed by atoms with van der Waals surface area (Å²) in [6.07, 6.45) is 4.86. The fraction of sp³-hybridized carbons (Fsp3) is 0.364. The van der Waals surface area contributed by atoms with Gasteiger partial charge in [0.05, 0.1) is 0 Å². The summed E-state index contributed by atoms with van der Waals surface area (Å²) in [5.41, 5.74) is 5.39. The van der Waals surface area contributed by atoms with Crippen LogP contribution in [-0.2, 0) is 4.79 Å². The molecule has 0 radical (unpaired) electrons. The van der Waals surface area contributed by atoms with Crippen LogP contribution in [0, 0.1) is 0 Å². The van der Waals surface area contributed by atoms with Crippen LogP contribution in [0.25, 0.3) is 5.95 Å². The molecule has 1 atom stereocenters. The summed E-state index contributed by atoms with van der Waals surface area (Å²) >= 11 is 5.93. The third-order valence-electron chi connectivity index (χ3n) is 3.13.